The van der Waals surface area contributed by atoms with Crippen LogP contribution in [0.25, 0.3) is 5.69 Å². The van der Waals surface area contributed by atoms with Crippen molar-refractivity contribution in [2.24, 2.45) is 7.05 Å². The minimum absolute atomic E-state index is 0.0635. The van der Waals surface area contributed by atoms with Gasteiger partial charge in [0.1, 0.15) is 5.69 Å². The van der Waals surface area contributed by atoms with Crippen LogP contribution in [-0.4, -0.2) is 34.7 Å². The average Bonchev–Trinajstić information content (AvgIpc) is 3.17. The maximum atomic E-state index is 12.7. The molecule has 0 aliphatic carbocycles. The first kappa shape index (κ1) is 16.3. The minimum atomic E-state index is -0.392. The van der Waals surface area contributed by atoms with Gasteiger partial charge in [0.2, 0.25) is 0 Å². The molecule has 0 bridgehead atoms. The second-order valence-electron chi connectivity index (χ2n) is 5.91. The smallest absolute Gasteiger partial charge is 0.319 e. The van der Waals surface area contributed by atoms with Gasteiger partial charge in [-0.1, -0.05) is 18.2 Å². The van der Waals surface area contributed by atoms with E-state index < -0.39 is 6.03 Å². The number of amides is 2. The van der Waals surface area contributed by atoms with Crippen LogP contribution >= 0.6 is 0 Å². The predicted octanol–water partition coefficient (Wildman–Crippen LogP) is 1.78. The van der Waals surface area contributed by atoms with E-state index in [0.717, 1.165) is 25.1 Å². The molecule has 0 unspecified atom stereocenters. The monoisotopic (exact) mass is 330 g/mol. The van der Waals surface area contributed by atoms with Gasteiger partial charge in [-0.25, -0.2) is 9.48 Å². The van der Waals surface area contributed by atoms with Crippen LogP contribution in [0, 0.1) is 6.92 Å². The summed E-state index contributed by atoms with van der Waals surface area (Å²) in [7, 11) is 1.79. The van der Waals surface area contributed by atoms with Crippen molar-refractivity contribution < 1.29 is 9.53 Å². The molecular weight excluding hydrogens is 308 g/mol. The van der Waals surface area contributed by atoms with Crippen molar-refractivity contribution in [3.8, 4) is 5.69 Å². The number of hydrogen-bond donors (Lipinski definition) is 2. The summed E-state index contributed by atoms with van der Waals surface area (Å²) in [6, 6.07) is 8.93. The predicted molar refractivity (Wildman–Crippen MR) is 91.7 cm³/mol. The molecule has 1 saturated heterocycles. The SMILES string of the molecule is Cc1c(NC(=O)NC[C@@H]2CCCO2)c(=O)n(-c2ccccc2)n1C. The number of para-hydroxylation sites is 1. The molecule has 1 aromatic heterocycles. The van der Waals surface area contributed by atoms with Crippen molar-refractivity contribution in [2.45, 2.75) is 25.9 Å². The number of nitrogens with zero attached hydrogens (tertiary/aromatic N) is 2. The van der Waals surface area contributed by atoms with Gasteiger partial charge in [0, 0.05) is 20.2 Å². The summed E-state index contributed by atoms with van der Waals surface area (Å²) in [5.74, 6) is 0. The molecule has 2 amide bonds. The summed E-state index contributed by atoms with van der Waals surface area (Å²) in [5.41, 5.74) is 1.47. The van der Waals surface area contributed by atoms with E-state index in [1.54, 1.807) is 18.7 Å². The third-order valence-electron chi connectivity index (χ3n) is 4.31. The lowest BCUT2D eigenvalue weighted by molar-refractivity contribution is 0.112. The number of urea groups is 1. The zero-order valence-electron chi connectivity index (χ0n) is 13.9. The molecule has 2 heterocycles. The highest BCUT2D eigenvalue weighted by atomic mass is 16.5. The number of nitrogens with one attached hydrogen (secondary N) is 2. The van der Waals surface area contributed by atoms with Crippen molar-refractivity contribution >= 4 is 11.7 Å². The van der Waals surface area contributed by atoms with Crippen LogP contribution in [0.3, 0.4) is 0 Å². The van der Waals surface area contributed by atoms with E-state index in [2.05, 4.69) is 10.6 Å². The molecule has 24 heavy (non-hydrogen) atoms. The third-order valence-corrected chi connectivity index (χ3v) is 4.31. The average molecular weight is 330 g/mol. The maximum absolute atomic E-state index is 12.7. The fourth-order valence-corrected chi connectivity index (χ4v) is 2.88. The van der Waals surface area contributed by atoms with Gasteiger partial charge in [0.25, 0.3) is 5.56 Å². The summed E-state index contributed by atoms with van der Waals surface area (Å²) < 4.78 is 8.73. The van der Waals surface area contributed by atoms with Gasteiger partial charge in [0.05, 0.1) is 17.5 Å². The van der Waals surface area contributed by atoms with Crippen molar-refractivity contribution in [1.29, 1.82) is 0 Å². The first-order chi connectivity index (χ1) is 11.6. The number of anilines is 1. The van der Waals surface area contributed by atoms with Crippen LogP contribution in [0.1, 0.15) is 18.5 Å². The Morgan fingerprint density at radius 3 is 2.75 bits per heavy atom. The Kier molecular flexibility index (Phi) is 4.71. The summed E-state index contributed by atoms with van der Waals surface area (Å²) >= 11 is 0. The number of hydrogen-bond acceptors (Lipinski definition) is 3. The van der Waals surface area contributed by atoms with E-state index in [0.29, 0.717) is 12.2 Å². The molecule has 1 aliphatic rings. The van der Waals surface area contributed by atoms with Gasteiger partial charge < -0.3 is 15.4 Å². The topological polar surface area (TPSA) is 77.3 Å². The first-order valence-electron chi connectivity index (χ1n) is 8.08. The number of aromatic nitrogens is 2. The molecule has 0 spiro atoms. The highest BCUT2D eigenvalue weighted by Crippen LogP contribution is 2.14. The van der Waals surface area contributed by atoms with Crippen LogP contribution in [0.15, 0.2) is 35.1 Å². The van der Waals surface area contributed by atoms with Crippen LogP contribution < -0.4 is 16.2 Å². The second kappa shape index (κ2) is 6.92. The lowest BCUT2D eigenvalue weighted by Crippen LogP contribution is -2.36. The zero-order valence-corrected chi connectivity index (χ0v) is 13.9. The Balaban J connectivity index is 1.76. The van der Waals surface area contributed by atoms with Crippen molar-refractivity contribution in [1.82, 2.24) is 14.7 Å². The lowest BCUT2D eigenvalue weighted by Gasteiger charge is -2.11. The van der Waals surface area contributed by atoms with E-state index in [1.165, 1.54) is 4.68 Å². The quantitative estimate of drug-likeness (QED) is 0.897. The Morgan fingerprint density at radius 2 is 2.08 bits per heavy atom. The largest absolute Gasteiger partial charge is 0.376 e. The Hall–Kier alpha value is -2.54. The summed E-state index contributed by atoms with van der Waals surface area (Å²) in [5, 5.41) is 5.44. The molecular formula is C17H22N4O3. The van der Waals surface area contributed by atoms with Gasteiger partial charge in [-0.05, 0) is 31.9 Å². The van der Waals surface area contributed by atoms with E-state index in [1.807, 2.05) is 30.3 Å². The molecule has 0 radical (unpaired) electrons. The minimum Gasteiger partial charge on any atom is -0.376 e. The molecule has 3 rings (SSSR count). The fraction of sp³-hybridized carbons (Fsp3) is 0.412. The number of carbonyl (C=O) groups excluding carboxylic acids is 1. The highest BCUT2D eigenvalue weighted by Gasteiger charge is 2.19. The van der Waals surface area contributed by atoms with Gasteiger partial charge in [0.15, 0.2) is 0 Å². The maximum Gasteiger partial charge on any atom is 0.319 e. The molecule has 1 fully saturated rings. The van der Waals surface area contributed by atoms with Crippen LogP contribution in [0.2, 0.25) is 0 Å². The van der Waals surface area contributed by atoms with Gasteiger partial charge >= 0.3 is 6.03 Å². The number of rotatable bonds is 4. The van der Waals surface area contributed by atoms with Crippen LogP contribution in [-0.2, 0) is 11.8 Å². The highest BCUT2D eigenvalue weighted by molar-refractivity contribution is 5.89. The fourth-order valence-electron chi connectivity index (χ4n) is 2.88. The number of ether oxygens (including phenoxy) is 1. The molecule has 128 valence electrons. The second-order valence-corrected chi connectivity index (χ2v) is 5.91. The van der Waals surface area contributed by atoms with Gasteiger partial charge in [-0.15, -0.1) is 0 Å². The van der Waals surface area contributed by atoms with Gasteiger partial charge in [-0.2, -0.15) is 0 Å². The normalized spacial score (nSPS) is 17.0. The Bertz CT molecular complexity index is 773. The van der Waals surface area contributed by atoms with E-state index in [9.17, 15) is 9.59 Å². The standard InChI is InChI=1S/C17H22N4O3/c1-12-15(19-17(23)18-11-14-9-6-10-24-14)16(22)21(20(12)2)13-7-4-3-5-8-13/h3-5,7-8,14H,6,9-11H2,1-2H3,(H2,18,19,23)/t14-/m0/s1. The van der Waals surface area contributed by atoms with E-state index in [-0.39, 0.29) is 17.4 Å². The lowest BCUT2D eigenvalue weighted by atomic mass is 10.2. The molecule has 7 heteroatoms. The summed E-state index contributed by atoms with van der Waals surface area (Å²) in [4.78, 5) is 24.8. The van der Waals surface area contributed by atoms with Crippen molar-refractivity contribution in [2.75, 3.05) is 18.5 Å². The van der Waals surface area contributed by atoms with Crippen molar-refractivity contribution in [3.63, 3.8) is 0 Å². The molecule has 2 aromatic rings. The molecule has 2 N–H and O–H groups in total. The Morgan fingerprint density at radius 1 is 1.33 bits per heavy atom. The van der Waals surface area contributed by atoms with Gasteiger partial charge in [-0.3, -0.25) is 9.48 Å². The van der Waals surface area contributed by atoms with Crippen LogP contribution in [0.4, 0.5) is 10.5 Å². The van der Waals surface area contributed by atoms with Crippen LogP contribution in [0.5, 0.6) is 0 Å². The first-order valence-corrected chi connectivity index (χ1v) is 8.08. The number of carbonyl (C=O) groups is 1. The van der Waals surface area contributed by atoms with E-state index in [4.69, 9.17) is 4.74 Å². The zero-order chi connectivity index (χ0) is 17.1. The van der Waals surface area contributed by atoms with E-state index >= 15 is 0 Å². The van der Waals surface area contributed by atoms with Crippen molar-refractivity contribution in [3.05, 3.63) is 46.4 Å². The summed E-state index contributed by atoms with van der Waals surface area (Å²) in [6.07, 6.45) is 2.03. The molecule has 1 aromatic carbocycles. The Labute approximate surface area is 140 Å². The number of benzene rings is 1. The molecule has 1 atom stereocenters. The molecule has 1 aliphatic heterocycles. The molecule has 0 saturated carbocycles. The summed E-state index contributed by atoms with van der Waals surface area (Å²) in [6.45, 7) is 2.99. The third kappa shape index (κ3) is 3.21. The molecule has 7 nitrogen and oxygen atoms in total.